The number of rotatable bonds is 6. The van der Waals surface area contributed by atoms with Gasteiger partial charge in [0.25, 0.3) is 0 Å². The summed E-state index contributed by atoms with van der Waals surface area (Å²) in [6.45, 7) is 0.700. The predicted octanol–water partition coefficient (Wildman–Crippen LogP) is 5.44. The molecule has 0 spiro atoms. The summed E-state index contributed by atoms with van der Waals surface area (Å²) in [6, 6.07) is 26.4. The number of likely N-dealkylation sites (tertiary alicyclic amines) is 1. The maximum atomic E-state index is 13.4. The van der Waals surface area contributed by atoms with Crippen molar-refractivity contribution in [3.8, 4) is 0 Å². The van der Waals surface area contributed by atoms with E-state index in [9.17, 15) is 9.59 Å². The van der Waals surface area contributed by atoms with Crippen molar-refractivity contribution in [2.45, 2.75) is 24.7 Å². The topological polar surface area (TPSA) is 49.9 Å². The van der Waals surface area contributed by atoms with Gasteiger partial charge in [-0.05, 0) is 22.8 Å². The van der Waals surface area contributed by atoms with Crippen molar-refractivity contribution in [1.29, 1.82) is 0 Å². The fourth-order valence-corrected chi connectivity index (χ4v) is 4.89. The number of cyclic esters (lactones) is 1. The number of hydrogen-bond donors (Lipinski definition) is 0. The number of hydrogen-bond acceptors (Lipinski definition) is 3. The van der Waals surface area contributed by atoms with Gasteiger partial charge in [0, 0.05) is 11.0 Å². The van der Waals surface area contributed by atoms with Crippen LogP contribution >= 0.6 is 15.9 Å². The summed E-state index contributed by atoms with van der Waals surface area (Å²) in [6.07, 6.45) is 3.59. The standard InChI is InChI=1S/C27H23BrN2O3/c28-22-14-8-7-13-21(22)17-29-23(16-15-19-9-3-1-4-10-19)25(26(29)31)30-24(18-33-27(30)32)20-11-5-2-6-12-20/h1-16,23-25H,17-18H2/b16-15+/t23-,24-,25+/m1/s1. The second kappa shape index (κ2) is 9.24. The maximum Gasteiger partial charge on any atom is 0.411 e. The predicted molar refractivity (Wildman–Crippen MR) is 130 cm³/mol. The average molecular weight is 503 g/mol. The first-order valence-electron chi connectivity index (χ1n) is 10.9. The fourth-order valence-electron chi connectivity index (χ4n) is 4.48. The van der Waals surface area contributed by atoms with E-state index < -0.39 is 12.1 Å². The van der Waals surface area contributed by atoms with Crippen molar-refractivity contribution >= 4 is 34.0 Å². The van der Waals surface area contributed by atoms with Gasteiger partial charge in [0.05, 0.1) is 12.1 Å². The van der Waals surface area contributed by atoms with Crippen LogP contribution in [0.15, 0.2) is 95.5 Å². The van der Waals surface area contributed by atoms with Crippen molar-refractivity contribution in [1.82, 2.24) is 9.80 Å². The van der Waals surface area contributed by atoms with E-state index in [0.29, 0.717) is 6.54 Å². The van der Waals surface area contributed by atoms with E-state index in [4.69, 9.17) is 4.74 Å². The number of β-lactam (4-membered cyclic amide) rings is 1. The molecule has 5 nitrogen and oxygen atoms in total. The van der Waals surface area contributed by atoms with Crippen molar-refractivity contribution in [2.24, 2.45) is 0 Å². The molecule has 0 radical (unpaired) electrons. The van der Waals surface area contributed by atoms with Crippen LogP contribution in [0.5, 0.6) is 0 Å². The quantitative estimate of drug-likeness (QED) is 0.422. The summed E-state index contributed by atoms with van der Waals surface area (Å²) < 4.78 is 6.36. The molecule has 2 heterocycles. The Balaban J connectivity index is 1.47. The van der Waals surface area contributed by atoms with Gasteiger partial charge in [0.1, 0.15) is 12.6 Å². The molecule has 3 aromatic carbocycles. The highest BCUT2D eigenvalue weighted by Crippen LogP contribution is 2.38. The summed E-state index contributed by atoms with van der Waals surface area (Å²) in [5.74, 6) is -0.0757. The Hall–Kier alpha value is -3.38. The lowest BCUT2D eigenvalue weighted by Crippen LogP contribution is -2.69. The Bertz CT molecular complexity index is 1180. The van der Waals surface area contributed by atoms with Crippen LogP contribution in [-0.2, 0) is 16.1 Å². The molecule has 2 amide bonds. The molecule has 0 N–H and O–H groups in total. The van der Waals surface area contributed by atoms with Crippen molar-refractivity contribution in [3.63, 3.8) is 0 Å². The van der Waals surface area contributed by atoms with Gasteiger partial charge in [-0.15, -0.1) is 0 Å². The van der Waals surface area contributed by atoms with Gasteiger partial charge >= 0.3 is 6.09 Å². The van der Waals surface area contributed by atoms with Crippen LogP contribution in [0.4, 0.5) is 4.79 Å². The molecule has 2 aliphatic rings. The zero-order chi connectivity index (χ0) is 22.8. The Morgan fingerprint density at radius 2 is 1.58 bits per heavy atom. The smallest absolute Gasteiger partial charge is 0.411 e. The van der Waals surface area contributed by atoms with Crippen molar-refractivity contribution < 1.29 is 14.3 Å². The van der Waals surface area contributed by atoms with Crippen LogP contribution < -0.4 is 0 Å². The highest BCUT2D eigenvalue weighted by Gasteiger charge is 2.55. The lowest BCUT2D eigenvalue weighted by atomic mass is 9.89. The summed E-state index contributed by atoms with van der Waals surface area (Å²) in [5, 5.41) is 0. The van der Waals surface area contributed by atoms with E-state index in [0.717, 1.165) is 21.2 Å². The van der Waals surface area contributed by atoms with E-state index in [1.807, 2.05) is 102 Å². The number of halogens is 1. The third kappa shape index (κ3) is 4.18. The lowest BCUT2D eigenvalue weighted by Gasteiger charge is -2.50. The highest BCUT2D eigenvalue weighted by atomic mass is 79.9. The van der Waals surface area contributed by atoms with E-state index in [1.54, 1.807) is 4.90 Å². The summed E-state index contributed by atoms with van der Waals surface area (Å²) in [5.41, 5.74) is 3.03. The Morgan fingerprint density at radius 3 is 2.30 bits per heavy atom. The molecule has 0 unspecified atom stereocenters. The molecular weight excluding hydrogens is 480 g/mol. The second-order valence-electron chi connectivity index (χ2n) is 8.17. The molecule has 33 heavy (non-hydrogen) atoms. The highest BCUT2D eigenvalue weighted by molar-refractivity contribution is 9.10. The molecule has 2 aliphatic heterocycles. The molecule has 5 rings (SSSR count). The Morgan fingerprint density at radius 1 is 0.909 bits per heavy atom. The number of carbonyl (C=O) groups excluding carboxylic acids is 2. The van der Waals surface area contributed by atoms with Gasteiger partial charge in [-0.2, -0.15) is 0 Å². The van der Waals surface area contributed by atoms with E-state index in [1.165, 1.54) is 0 Å². The molecule has 3 atom stereocenters. The third-order valence-corrected chi connectivity index (χ3v) is 6.97. The molecule has 0 aliphatic carbocycles. The molecule has 166 valence electrons. The number of amides is 2. The molecule has 2 fully saturated rings. The minimum absolute atomic E-state index is 0.0757. The molecule has 6 heteroatoms. The van der Waals surface area contributed by atoms with Gasteiger partial charge < -0.3 is 9.64 Å². The molecule has 0 bridgehead atoms. The summed E-state index contributed by atoms with van der Waals surface area (Å²) in [7, 11) is 0. The van der Waals surface area contributed by atoms with E-state index in [-0.39, 0.29) is 24.6 Å². The van der Waals surface area contributed by atoms with E-state index in [2.05, 4.69) is 15.9 Å². The van der Waals surface area contributed by atoms with Crippen LogP contribution in [0.1, 0.15) is 22.7 Å². The van der Waals surface area contributed by atoms with Crippen LogP contribution in [-0.4, -0.2) is 40.5 Å². The zero-order valence-electron chi connectivity index (χ0n) is 17.9. The summed E-state index contributed by atoms with van der Waals surface area (Å²) >= 11 is 3.58. The maximum absolute atomic E-state index is 13.4. The van der Waals surface area contributed by atoms with Gasteiger partial charge in [-0.3, -0.25) is 9.69 Å². The van der Waals surface area contributed by atoms with E-state index >= 15 is 0 Å². The molecular formula is C27H23BrN2O3. The average Bonchev–Trinajstić information content (AvgIpc) is 3.22. The number of benzene rings is 3. The minimum atomic E-state index is -0.604. The van der Waals surface area contributed by atoms with Crippen LogP contribution in [0, 0.1) is 0 Å². The molecule has 0 saturated carbocycles. The minimum Gasteiger partial charge on any atom is -0.447 e. The lowest BCUT2D eigenvalue weighted by molar-refractivity contribution is -0.155. The van der Waals surface area contributed by atoms with Gasteiger partial charge in [-0.25, -0.2) is 4.79 Å². The zero-order valence-corrected chi connectivity index (χ0v) is 19.5. The van der Waals surface area contributed by atoms with Gasteiger partial charge in [0.15, 0.2) is 0 Å². The van der Waals surface area contributed by atoms with Crippen molar-refractivity contribution in [3.05, 3.63) is 112 Å². The van der Waals surface area contributed by atoms with Gasteiger partial charge in [-0.1, -0.05) is 107 Å². The monoisotopic (exact) mass is 502 g/mol. The van der Waals surface area contributed by atoms with Crippen LogP contribution in [0.3, 0.4) is 0 Å². The molecule has 2 saturated heterocycles. The first kappa shape index (κ1) is 21.5. The fraction of sp³-hybridized carbons (Fsp3) is 0.185. The number of carbonyl (C=O) groups is 2. The molecule has 3 aromatic rings. The molecule has 0 aromatic heterocycles. The first-order chi connectivity index (χ1) is 16.1. The van der Waals surface area contributed by atoms with Crippen molar-refractivity contribution in [2.75, 3.05) is 6.61 Å². The normalized spacial score (nSPS) is 22.5. The third-order valence-electron chi connectivity index (χ3n) is 6.20. The van der Waals surface area contributed by atoms with Crippen LogP contribution in [0.25, 0.3) is 6.08 Å². The second-order valence-corrected chi connectivity index (χ2v) is 9.03. The Kier molecular flexibility index (Phi) is 6.01. The van der Waals surface area contributed by atoms with Crippen LogP contribution in [0.2, 0.25) is 0 Å². The SMILES string of the molecule is O=C1[C@@H](N2C(=O)OC[C@@H]2c2ccccc2)[C@@H](/C=C/c2ccccc2)N1Cc1ccccc1Br. The largest absolute Gasteiger partial charge is 0.447 e. The number of nitrogens with zero attached hydrogens (tertiary/aromatic N) is 2. The van der Waals surface area contributed by atoms with Gasteiger partial charge in [0.2, 0.25) is 5.91 Å². The Labute approximate surface area is 201 Å². The first-order valence-corrected chi connectivity index (χ1v) is 11.7. The number of ether oxygens (including phenoxy) is 1. The summed E-state index contributed by atoms with van der Waals surface area (Å²) in [4.78, 5) is 29.7.